The van der Waals surface area contributed by atoms with Gasteiger partial charge in [0, 0.05) is 42.9 Å². The number of nitrogens with zero attached hydrogens (tertiary/aromatic N) is 3. The van der Waals surface area contributed by atoms with E-state index in [1.54, 1.807) is 6.92 Å². The molecule has 358 valence electrons. The number of carbonyl (C=O) groups excluding carboxylic acids is 4. The lowest BCUT2D eigenvalue weighted by molar-refractivity contribution is -0.144. The monoisotopic (exact) mass is 930 g/mol. The number of morpholine rings is 1. The summed E-state index contributed by atoms with van der Waals surface area (Å²) in [6.45, 7) is 8.24. The average molecular weight is 931 g/mol. The molecule has 16 nitrogen and oxygen atoms in total. The fourth-order valence-electron chi connectivity index (χ4n) is 11.5. The maximum absolute atomic E-state index is 15.1. The van der Waals surface area contributed by atoms with Gasteiger partial charge in [-0.15, -0.1) is 0 Å². The highest BCUT2D eigenvalue weighted by Gasteiger charge is 2.60. The number of pyridine rings is 1. The predicted octanol–water partition coefficient (Wildman–Crippen LogP) is 4.85. The molecule has 4 amide bonds. The van der Waals surface area contributed by atoms with Gasteiger partial charge in [0.15, 0.2) is 0 Å². The number of alkyl carbamates (subject to hydrolysis) is 1. The molecule has 4 aliphatic carbocycles. The number of carbonyl (C=O) groups is 4. The quantitative estimate of drug-likeness (QED) is 0.275. The first kappa shape index (κ1) is 45.3. The molecule has 1 aromatic carbocycles. The van der Waals surface area contributed by atoms with E-state index >= 15 is 9.59 Å². The summed E-state index contributed by atoms with van der Waals surface area (Å²) in [7, 11) is -4.02. The second-order valence-corrected chi connectivity index (χ2v) is 22.9. The Morgan fingerprint density at radius 2 is 1.82 bits per heavy atom. The number of allylic oxidation sites excluding steroid dienone is 1. The number of hydrogen-bond donors (Lipinski definition) is 3. The van der Waals surface area contributed by atoms with Gasteiger partial charge in [-0.3, -0.25) is 24.0 Å². The van der Waals surface area contributed by atoms with Gasteiger partial charge in [-0.2, -0.15) is 0 Å². The molecule has 1 unspecified atom stereocenters. The average Bonchev–Trinajstić information content (AvgIpc) is 4.16. The molecule has 17 heteroatoms. The molecule has 0 radical (unpaired) electrons. The van der Waals surface area contributed by atoms with Gasteiger partial charge in [0.05, 0.1) is 35.7 Å². The van der Waals surface area contributed by atoms with E-state index in [4.69, 9.17) is 23.9 Å². The van der Waals surface area contributed by atoms with E-state index in [2.05, 4.69) is 20.3 Å². The molecule has 6 fully saturated rings. The molecule has 1 aromatic heterocycles. The lowest BCUT2D eigenvalue weighted by Crippen LogP contribution is -2.70. The number of aromatic nitrogens is 1. The fourth-order valence-corrected chi connectivity index (χ4v) is 12.8. The summed E-state index contributed by atoms with van der Waals surface area (Å²) in [5, 5.41) is 6.92. The number of ether oxygens (including phenoxy) is 4. The predicted molar refractivity (Wildman–Crippen MR) is 244 cm³/mol. The first-order valence-electron chi connectivity index (χ1n) is 24.7. The van der Waals surface area contributed by atoms with Crippen LogP contribution in [-0.4, -0.2) is 127 Å². The Hall–Kier alpha value is -4.48. The fraction of sp³-hybridized carbons (Fsp3) is 0.694. The van der Waals surface area contributed by atoms with Crippen LogP contribution in [0, 0.1) is 17.8 Å². The Morgan fingerprint density at radius 1 is 1.02 bits per heavy atom. The van der Waals surface area contributed by atoms with Gasteiger partial charge in [-0.05, 0) is 120 Å². The molecule has 1 spiro atoms. The molecular formula is C49H66N6O10S. The molecule has 4 saturated carbocycles. The number of rotatable bonds is 10. The number of hydrogen-bond acceptors (Lipinski definition) is 12. The van der Waals surface area contributed by atoms with E-state index in [9.17, 15) is 18.0 Å². The van der Waals surface area contributed by atoms with Crippen LogP contribution in [0.5, 0.6) is 11.5 Å². The van der Waals surface area contributed by atoms with Crippen LogP contribution in [0.2, 0.25) is 0 Å². The van der Waals surface area contributed by atoms with Gasteiger partial charge < -0.3 is 34.5 Å². The lowest BCUT2D eigenvalue weighted by Gasteiger charge is -2.48. The first-order valence-corrected chi connectivity index (χ1v) is 26.2. The van der Waals surface area contributed by atoms with Crippen LogP contribution in [0.4, 0.5) is 4.79 Å². The van der Waals surface area contributed by atoms with E-state index in [-0.39, 0.29) is 25.5 Å². The van der Waals surface area contributed by atoms with Gasteiger partial charge in [0.1, 0.15) is 47.4 Å². The van der Waals surface area contributed by atoms with Crippen molar-refractivity contribution in [2.24, 2.45) is 17.8 Å². The number of amides is 4. The topological polar surface area (TPSA) is 195 Å². The molecule has 2 aromatic rings. The number of fused-ring (bicyclic) bond motifs is 6. The van der Waals surface area contributed by atoms with Crippen molar-refractivity contribution >= 4 is 44.7 Å². The normalized spacial score (nSPS) is 33.3. The smallest absolute Gasteiger partial charge is 0.408 e. The summed E-state index contributed by atoms with van der Waals surface area (Å²) >= 11 is 0. The van der Waals surface area contributed by atoms with Gasteiger partial charge >= 0.3 is 6.09 Å². The molecule has 66 heavy (non-hydrogen) atoms. The minimum Gasteiger partial charge on any atom is -0.492 e. The van der Waals surface area contributed by atoms with Crippen molar-refractivity contribution in [2.75, 3.05) is 46.0 Å². The second kappa shape index (κ2) is 17.9. The Balaban J connectivity index is 0.951. The van der Waals surface area contributed by atoms with E-state index in [0.717, 1.165) is 86.4 Å². The zero-order chi connectivity index (χ0) is 45.8. The van der Waals surface area contributed by atoms with Crippen LogP contribution < -0.4 is 24.8 Å². The number of benzene rings is 1. The van der Waals surface area contributed by atoms with Crippen LogP contribution >= 0.6 is 0 Å². The molecule has 10 rings (SSSR count). The van der Waals surface area contributed by atoms with Crippen LogP contribution in [0.15, 0.2) is 30.4 Å². The highest BCUT2D eigenvalue weighted by Crippen LogP contribution is 2.53. The summed E-state index contributed by atoms with van der Waals surface area (Å²) in [5.74, 6) is 0.409. The SMILES string of the molecule is CCc1nc2ccc(OCCN3CCOCC3)cc2c2c1O[C@]1(CC2)C[C@H]2C(=O)N[C@]3(C(=O)NS(=O)(=O)C4(C)CC4)CC[C@H]3/C=C\CCCCC[C@H](NC(=O)OC3C[C@@H]4C[C@@H]4C3)C(=O)N2C1. The third-order valence-electron chi connectivity index (χ3n) is 16.2. The van der Waals surface area contributed by atoms with Gasteiger partial charge in [0.25, 0.3) is 5.91 Å². The highest BCUT2D eigenvalue weighted by molar-refractivity contribution is 7.91. The van der Waals surface area contributed by atoms with Crippen LogP contribution in [-0.2, 0) is 46.7 Å². The maximum atomic E-state index is 15.1. The van der Waals surface area contributed by atoms with Gasteiger partial charge in [-0.1, -0.05) is 31.9 Å². The van der Waals surface area contributed by atoms with Crippen LogP contribution in [0.25, 0.3) is 10.9 Å². The summed E-state index contributed by atoms with van der Waals surface area (Å²) in [6, 6.07) is 3.90. The van der Waals surface area contributed by atoms with Crippen molar-refractivity contribution in [3.63, 3.8) is 0 Å². The summed E-state index contributed by atoms with van der Waals surface area (Å²) in [4.78, 5) is 67.0. The number of sulfonamides is 1. The molecular weight excluding hydrogens is 865 g/mol. The Morgan fingerprint density at radius 3 is 2.56 bits per heavy atom. The molecule has 8 aliphatic rings. The summed E-state index contributed by atoms with van der Waals surface area (Å²) in [6.07, 6.45) is 12.8. The standard InChI is InChI=1S/C49H66N6O10S/c1-3-38-42-36(37-28-34(11-12-39(37)50-38)63-24-21-54-19-22-62-23-20-54)14-15-48(65-42)29-41-43(56)52-49(45(58)53-66(60,61)47(2)17-18-47)16-13-33(49)9-7-5-4-6-8-10-40(44(57)55(41)30-48)51-46(59)64-35-26-31-25-32(31)27-35/h7,9,11-12,28,31-33,35,40-41H,3-6,8,10,13-27,29-30H2,1-2H3,(H,51,59)(H,52,56)(H,53,58)/b9-7-/t31-,32+,33-,35?,40+,41+,48-,49-/m1/s1. The van der Waals surface area contributed by atoms with Crippen LogP contribution in [0.3, 0.4) is 0 Å². The van der Waals surface area contributed by atoms with Gasteiger partial charge in [-0.25, -0.2) is 18.2 Å². The summed E-state index contributed by atoms with van der Waals surface area (Å²) < 4.78 is 53.0. The number of aryl methyl sites for hydroxylation is 2. The lowest BCUT2D eigenvalue weighted by atomic mass is 9.65. The highest BCUT2D eigenvalue weighted by atomic mass is 32.2. The largest absolute Gasteiger partial charge is 0.492 e. The molecule has 8 atom stereocenters. The zero-order valence-electron chi connectivity index (χ0n) is 38.4. The molecule has 4 aliphatic heterocycles. The molecule has 3 N–H and O–H groups in total. The van der Waals surface area contributed by atoms with E-state index in [1.165, 1.54) is 11.3 Å². The van der Waals surface area contributed by atoms with E-state index < -0.39 is 67.7 Å². The molecule has 5 heterocycles. The van der Waals surface area contributed by atoms with Crippen molar-refractivity contribution < 1.29 is 46.5 Å². The third-order valence-corrected chi connectivity index (χ3v) is 18.4. The first-order chi connectivity index (χ1) is 31.8. The van der Waals surface area contributed by atoms with Crippen molar-refractivity contribution in [3.8, 4) is 11.5 Å². The summed E-state index contributed by atoms with van der Waals surface area (Å²) in [5.41, 5.74) is 0.0595. The molecule has 2 saturated heterocycles. The Kier molecular flexibility index (Phi) is 12.3. The number of nitrogens with one attached hydrogen (secondary N) is 3. The second-order valence-electron chi connectivity index (χ2n) is 20.7. The minimum atomic E-state index is -4.02. The van der Waals surface area contributed by atoms with E-state index in [1.807, 2.05) is 37.3 Å². The van der Waals surface area contributed by atoms with Crippen molar-refractivity contribution in [1.82, 2.24) is 30.1 Å². The van der Waals surface area contributed by atoms with Crippen molar-refractivity contribution in [3.05, 3.63) is 41.6 Å². The van der Waals surface area contributed by atoms with Crippen molar-refractivity contribution in [1.29, 1.82) is 0 Å². The minimum absolute atomic E-state index is 0.0592. The Bertz CT molecular complexity index is 2380. The van der Waals surface area contributed by atoms with Gasteiger partial charge in [0.2, 0.25) is 21.8 Å². The molecule has 0 bridgehead atoms. The third kappa shape index (κ3) is 8.88. The zero-order valence-corrected chi connectivity index (χ0v) is 39.3. The maximum Gasteiger partial charge on any atom is 0.408 e. The van der Waals surface area contributed by atoms with E-state index in [0.29, 0.717) is 82.0 Å². The van der Waals surface area contributed by atoms with Crippen LogP contribution in [0.1, 0.15) is 115 Å². The Labute approximate surface area is 387 Å². The van der Waals surface area contributed by atoms with Crippen molar-refractivity contribution in [2.45, 2.75) is 151 Å².